The number of amides is 1. The molecule has 1 aliphatic heterocycles. The third kappa shape index (κ3) is 2.51. The molecule has 1 unspecified atom stereocenters. The molecule has 122 valence electrons. The third-order valence-corrected chi connectivity index (χ3v) is 5.30. The molecule has 4 rings (SSSR count). The molecule has 4 nitrogen and oxygen atoms in total. The van der Waals surface area contributed by atoms with E-state index in [-0.39, 0.29) is 11.9 Å². The van der Waals surface area contributed by atoms with Crippen LogP contribution in [0.1, 0.15) is 27.0 Å². The largest absolute Gasteiger partial charge is 0.497 e. The number of hydrogen-bond acceptors (Lipinski definition) is 3. The van der Waals surface area contributed by atoms with Gasteiger partial charge in [-0.1, -0.05) is 18.2 Å². The van der Waals surface area contributed by atoms with Gasteiger partial charge < -0.3 is 14.2 Å². The highest BCUT2D eigenvalue weighted by Gasteiger charge is 2.33. The van der Waals surface area contributed by atoms with E-state index in [1.807, 2.05) is 46.7 Å². The molecule has 2 aromatic heterocycles. The van der Waals surface area contributed by atoms with Gasteiger partial charge in [-0.2, -0.15) is 0 Å². The smallest absolute Gasteiger partial charge is 0.264 e. The summed E-state index contributed by atoms with van der Waals surface area (Å²) in [6.45, 7) is 1.51. The Morgan fingerprint density at radius 2 is 2.08 bits per heavy atom. The van der Waals surface area contributed by atoms with Gasteiger partial charge in [-0.15, -0.1) is 11.3 Å². The molecule has 24 heavy (non-hydrogen) atoms. The lowest BCUT2D eigenvalue weighted by Crippen LogP contribution is -2.42. The summed E-state index contributed by atoms with van der Waals surface area (Å²) in [5.74, 6) is 0.893. The molecule has 0 N–H and O–H groups in total. The second-order valence-corrected chi connectivity index (χ2v) is 6.73. The first-order valence-electron chi connectivity index (χ1n) is 7.91. The summed E-state index contributed by atoms with van der Waals surface area (Å²) in [5.41, 5.74) is 2.21. The van der Waals surface area contributed by atoms with Gasteiger partial charge in [0.25, 0.3) is 5.91 Å². The SMILES string of the molecule is COc1cccc(C2c3cccn3CCN2C(=O)c2cccs2)c1. The maximum atomic E-state index is 13.0. The highest BCUT2D eigenvalue weighted by atomic mass is 32.1. The van der Waals surface area contributed by atoms with Crippen molar-refractivity contribution in [2.75, 3.05) is 13.7 Å². The number of aromatic nitrogens is 1. The molecule has 0 bridgehead atoms. The van der Waals surface area contributed by atoms with E-state index < -0.39 is 0 Å². The Labute approximate surface area is 144 Å². The molecule has 0 saturated heterocycles. The number of benzene rings is 1. The minimum Gasteiger partial charge on any atom is -0.497 e. The Kier molecular flexibility index (Phi) is 3.86. The molecule has 5 heteroatoms. The van der Waals surface area contributed by atoms with Crippen molar-refractivity contribution < 1.29 is 9.53 Å². The number of hydrogen-bond donors (Lipinski definition) is 0. The van der Waals surface area contributed by atoms with E-state index in [1.165, 1.54) is 11.3 Å². The Morgan fingerprint density at radius 3 is 2.88 bits per heavy atom. The lowest BCUT2D eigenvalue weighted by Gasteiger charge is -2.37. The first-order chi connectivity index (χ1) is 11.8. The van der Waals surface area contributed by atoms with Crippen molar-refractivity contribution in [1.82, 2.24) is 9.47 Å². The first-order valence-corrected chi connectivity index (χ1v) is 8.79. The number of nitrogens with zero attached hydrogens (tertiary/aromatic N) is 2. The average molecular weight is 338 g/mol. The molecule has 1 aliphatic rings. The molecule has 3 heterocycles. The average Bonchev–Trinajstić information content (AvgIpc) is 3.31. The summed E-state index contributed by atoms with van der Waals surface area (Å²) in [6.07, 6.45) is 2.08. The van der Waals surface area contributed by atoms with Gasteiger partial charge in [0.15, 0.2) is 0 Å². The monoisotopic (exact) mass is 338 g/mol. The summed E-state index contributed by atoms with van der Waals surface area (Å²) in [5, 5.41) is 1.94. The summed E-state index contributed by atoms with van der Waals surface area (Å²) in [4.78, 5) is 15.8. The number of rotatable bonds is 3. The molecule has 3 aromatic rings. The topological polar surface area (TPSA) is 34.5 Å². The third-order valence-electron chi connectivity index (χ3n) is 4.44. The Balaban J connectivity index is 1.79. The lowest BCUT2D eigenvalue weighted by molar-refractivity contribution is 0.0669. The van der Waals surface area contributed by atoms with Crippen LogP contribution < -0.4 is 4.74 Å². The zero-order valence-electron chi connectivity index (χ0n) is 13.4. The van der Waals surface area contributed by atoms with Gasteiger partial charge in [0.1, 0.15) is 5.75 Å². The van der Waals surface area contributed by atoms with Gasteiger partial charge in [-0.3, -0.25) is 4.79 Å². The minimum atomic E-state index is -0.0987. The van der Waals surface area contributed by atoms with Crippen molar-refractivity contribution in [3.05, 3.63) is 76.2 Å². The van der Waals surface area contributed by atoms with E-state index in [4.69, 9.17) is 4.74 Å². The molecule has 0 saturated carbocycles. The van der Waals surface area contributed by atoms with Gasteiger partial charge in [0, 0.05) is 25.0 Å². The van der Waals surface area contributed by atoms with E-state index in [1.54, 1.807) is 7.11 Å². The second-order valence-electron chi connectivity index (χ2n) is 5.78. The maximum Gasteiger partial charge on any atom is 0.264 e. The number of ether oxygens (including phenoxy) is 1. The van der Waals surface area contributed by atoms with E-state index >= 15 is 0 Å². The van der Waals surface area contributed by atoms with Crippen LogP contribution in [0.4, 0.5) is 0 Å². The second kappa shape index (κ2) is 6.17. The van der Waals surface area contributed by atoms with Gasteiger partial charge in [-0.05, 0) is 41.3 Å². The van der Waals surface area contributed by atoms with Crippen molar-refractivity contribution in [3.8, 4) is 5.75 Å². The van der Waals surface area contributed by atoms with Gasteiger partial charge in [0.2, 0.25) is 0 Å². The van der Waals surface area contributed by atoms with Crippen LogP contribution in [0, 0.1) is 0 Å². The summed E-state index contributed by atoms with van der Waals surface area (Å²) >= 11 is 1.49. The van der Waals surface area contributed by atoms with E-state index in [9.17, 15) is 4.79 Å². The quantitative estimate of drug-likeness (QED) is 0.728. The fourth-order valence-corrected chi connectivity index (χ4v) is 3.99. The van der Waals surface area contributed by atoms with Crippen molar-refractivity contribution in [3.63, 3.8) is 0 Å². The number of methoxy groups -OCH3 is 1. The van der Waals surface area contributed by atoms with E-state index in [2.05, 4.69) is 22.9 Å². The van der Waals surface area contributed by atoms with Crippen LogP contribution in [0.2, 0.25) is 0 Å². The zero-order chi connectivity index (χ0) is 16.5. The summed E-state index contributed by atoms with van der Waals surface area (Å²) < 4.78 is 7.60. The molecule has 0 radical (unpaired) electrons. The van der Waals surface area contributed by atoms with Crippen molar-refractivity contribution in [2.24, 2.45) is 0 Å². The van der Waals surface area contributed by atoms with Gasteiger partial charge in [0.05, 0.1) is 18.0 Å². The minimum absolute atomic E-state index is 0.0882. The number of thiophene rings is 1. The molecular weight excluding hydrogens is 320 g/mol. The van der Waals surface area contributed by atoms with Crippen molar-refractivity contribution in [2.45, 2.75) is 12.6 Å². The number of fused-ring (bicyclic) bond motifs is 1. The van der Waals surface area contributed by atoms with Crippen LogP contribution >= 0.6 is 11.3 Å². The predicted octanol–water partition coefficient (Wildman–Crippen LogP) is 3.80. The van der Waals surface area contributed by atoms with Crippen LogP contribution in [-0.2, 0) is 6.54 Å². The number of carbonyl (C=O) groups excluding carboxylic acids is 1. The van der Waals surface area contributed by atoms with Crippen molar-refractivity contribution in [1.29, 1.82) is 0 Å². The molecule has 0 aliphatic carbocycles. The molecular formula is C19H18N2O2S. The van der Waals surface area contributed by atoms with E-state index in [0.717, 1.165) is 28.4 Å². The van der Waals surface area contributed by atoms with Gasteiger partial charge >= 0.3 is 0 Å². The zero-order valence-corrected chi connectivity index (χ0v) is 14.2. The Hall–Kier alpha value is -2.53. The Bertz CT molecular complexity index is 854. The van der Waals surface area contributed by atoms with Crippen LogP contribution in [-0.4, -0.2) is 29.0 Å². The molecule has 0 spiro atoms. The van der Waals surface area contributed by atoms with Crippen molar-refractivity contribution >= 4 is 17.2 Å². The fraction of sp³-hybridized carbons (Fsp3) is 0.211. The van der Waals surface area contributed by atoms with Gasteiger partial charge in [-0.25, -0.2) is 0 Å². The molecule has 1 amide bonds. The summed E-state index contributed by atoms with van der Waals surface area (Å²) in [7, 11) is 1.66. The first kappa shape index (κ1) is 15.0. The highest BCUT2D eigenvalue weighted by Crippen LogP contribution is 2.35. The fourth-order valence-electron chi connectivity index (χ4n) is 3.31. The Morgan fingerprint density at radius 1 is 1.17 bits per heavy atom. The molecule has 0 fully saturated rings. The lowest BCUT2D eigenvalue weighted by atomic mass is 9.99. The standard InChI is InChI=1S/C19H18N2O2S/c1-23-15-6-2-5-14(13-15)18-16-7-3-9-20(16)10-11-21(18)19(22)17-8-4-12-24-17/h2-9,12-13,18H,10-11H2,1H3. The maximum absolute atomic E-state index is 13.0. The molecule has 1 atom stereocenters. The highest BCUT2D eigenvalue weighted by molar-refractivity contribution is 7.12. The normalized spacial score (nSPS) is 16.7. The number of carbonyl (C=O) groups is 1. The van der Waals surface area contributed by atoms with Crippen LogP contribution in [0.3, 0.4) is 0 Å². The summed E-state index contributed by atoms with van der Waals surface area (Å²) in [6, 6.07) is 15.8. The van der Waals surface area contributed by atoms with E-state index in [0.29, 0.717) is 6.54 Å². The molecule has 1 aromatic carbocycles. The van der Waals surface area contributed by atoms with Crippen LogP contribution in [0.5, 0.6) is 5.75 Å². The van der Waals surface area contributed by atoms with Crippen LogP contribution in [0.25, 0.3) is 0 Å². The predicted molar refractivity (Wildman–Crippen MR) is 94.6 cm³/mol. The van der Waals surface area contributed by atoms with Crippen LogP contribution in [0.15, 0.2) is 60.1 Å².